The third-order valence-electron chi connectivity index (χ3n) is 7.86. The van der Waals surface area contributed by atoms with Crippen LogP contribution in [0.4, 0.5) is 10.5 Å². The number of ether oxygens (including phenoxy) is 1. The summed E-state index contributed by atoms with van der Waals surface area (Å²) in [6.45, 7) is 14.1. The standard InChI is InChI=1S/C38H44N6O4/c1-9-20-44(36(45)33(43(7)8)25-14-12-11-13-15-25)31(10-2)34-40-28-19-18-26(21-30(28)41-34)32-23-39-35(47-32)27-17-16-24(3)29(22-27)42-37(46)48-38(4,5)6/h10-19,21-23,31,33H,2,9,20H2,1,3-8H3,(H,40,41)(H,42,46). The third-order valence-corrected chi connectivity index (χ3v) is 7.86. The number of oxazole rings is 1. The Bertz CT molecular complexity index is 1900. The molecule has 0 aliphatic rings. The van der Waals surface area contributed by atoms with Crippen molar-refractivity contribution in [3.05, 3.63) is 103 Å². The first-order valence-corrected chi connectivity index (χ1v) is 16.1. The van der Waals surface area contributed by atoms with E-state index in [1.54, 1.807) is 12.3 Å². The number of imidazole rings is 1. The minimum atomic E-state index is -0.611. The maximum Gasteiger partial charge on any atom is 0.412 e. The van der Waals surface area contributed by atoms with Crippen LogP contribution in [-0.4, -0.2) is 63.0 Å². The molecule has 10 nitrogen and oxygen atoms in total. The number of carbonyl (C=O) groups excluding carboxylic acids is 2. The van der Waals surface area contributed by atoms with Gasteiger partial charge in [0.05, 0.1) is 17.2 Å². The number of anilines is 1. The van der Waals surface area contributed by atoms with E-state index >= 15 is 0 Å². The van der Waals surface area contributed by atoms with Crippen molar-refractivity contribution >= 4 is 28.7 Å². The van der Waals surface area contributed by atoms with Crippen LogP contribution in [0.15, 0.2) is 90.0 Å². The normalized spacial score (nSPS) is 12.9. The van der Waals surface area contributed by atoms with Crippen molar-refractivity contribution < 1.29 is 18.7 Å². The van der Waals surface area contributed by atoms with E-state index in [9.17, 15) is 9.59 Å². The van der Waals surface area contributed by atoms with Gasteiger partial charge in [-0.2, -0.15) is 0 Å². The summed E-state index contributed by atoms with van der Waals surface area (Å²) >= 11 is 0. The van der Waals surface area contributed by atoms with Crippen LogP contribution >= 0.6 is 0 Å². The summed E-state index contributed by atoms with van der Waals surface area (Å²) in [5.74, 6) is 1.60. The second-order valence-electron chi connectivity index (χ2n) is 13.0. The van der Waals surface area contributed by atoms with Crippen molar-refractivity contribution in [2.75, 3.05) is 26.0 Å². The quantitative estimate of drug-likeness (QED) is 0.138. The van der Waals surface area contributed by atoms with E-state index in [0.717, 1.165) is 34.1 Å². The molecule has 2 amide bonds. The number of fused-ring (bicyclic) bond motifs is 1. The molecule has 0 aliphatic heterocycles. The van der Waals surface area contributed by atoms with Crippen LogP contribution in [0, 0.1) is 6.92 Å². The number of benzene rings is 3. The maximum absolute atomic E-state index is 14.1. The van der Waals surface area contributed by atoms with Crippen molar-refractivity contribution in [2.24, 2.45) is 0 Å². The van der Waals surface area contributed by atoms with E-state index in [2.05, 4.69) is 28.8 Å². The molecule has 2 heterocycles. The lowest BCUT2D eigenvalue weighted by Gasteiger charge is -2.34. The van der Waals surface area contributed by atoms with Gasteiger partial charge in [0, 0.05) is 23.4 Å². The first-order valence-electron chi connectivity index (χ1n) is 16.1. The van der Waals surface area contributed by atoms with Crippen molar-refractivity contribution in [2.45, 2.75) is 58.7 Å². The molecule has 0 spiro atoms. The Balaban J connectivity index is 1.40. The molecular formula is C38H44N6O4. The van der Waals surface area contributed by atoms with Crippen LogP contribution in [0.25, 0.3) is 33.8 Å². The highest BCUT2D eigenvalue weighted by Crippen LogP contribution is 2.32. The Morgan fingerprint density at radius 2 is 1.79 bits per heavy atom. The maximum atomic E-state index is 14.1. The van der Waals surface area contributed by atoms with Gasteiger partial charge in [-0.3, -0.25) is 15.0 Å². The number of hydrogen-bond donors (Lipinski definition) is 2. The van der Waals surface area contributed by atoms with Gasteiger partial charge in [0.25, 0.3) is 0 Å². The second kappa shape index (κ2) is 14.3. The Hall–Kier alpha value is -5.22. The lowest BCUT2D eigenvalue weighted by molar-refractivity contribution is -0.138. The molecule has 2 N–H and O–H groups in total. The minimum absolute atomic E-state index is 0.0196. The van der Waals surface area contributed by atoms with E-state index in [1.807, 2.05) is 118 Å². The average Bonchev–Trinajstić information content (AvgIpc) is 3.69. The lowest BCUT2D eigenvalue weighted by atomic mass is 10.0. The van der Waals surface area contributed by atoms with Crippen molar-refractivity contribution in [1.82, 2.24) is 24.8 Å². The van der Waals surface area contributed by atoms with Gasteiger partial charge in [-0.15, -0.1) is 6.58 Å². The molecule has 0 radical (unpaired) electrons. The van der Waals surface area contributed by atoms with Gasteiger partial charge in [0.15, 0.2) is 5.76 Å². The SMILES string of the molecule is C=CC(c1nc2ccc(-c3cnc(-c4ccc(C)c(NC(=O)OC(C)(C)C)c4)o3)cc2[nH]1)N(CCC)C(=O)C(c1ccccc1)N(C)C. The Morgan fingerprint density at radius 1 is 1.06 bits per heavy atom. The molecule has 3 aromatic carbocycles. The first kappa shape index (κ1) is 34.1. The van der Waals surface area contributed by atoms with E-state index in [4.69, 9.17) is 14.1 Å². The van der Waals surface area contributed by atoms with Crippen LogP contribution in [0.5, 0.6) is 0 Å². The molecule has 48 heavy (non-hydrogen) atoms. The van der Waals surface area contributed by atoms with Gasteiger partial charge in [0.2, 0.25) is 11.8 Å². The largest absolute Gasteiger partial charge is 0.444 e. The zero-order valence-electron chi connectivity index (χ0n) is 28.7. The Labute approximate surface area is 281 Å². The number of carbonyl (C=O) groups is 2. The summed E-state index contributed by atoms with van der Waals surface area (Å²) in [6.07, 6.45) is 3.69. The first-order chi connectivity index (χ1) is 22.9. The van der Waals surface area contributed by atoms with Gasteiger partial charge < -0.3 is 19.0 Å². The molecule has 0 saturated carbocycles. The molecule has 0 fully saturated rings. The van der Waals surface area contributed by atoms with Crippen molar-refractivity contribution in [1.29, 1.82) is 0 Å². The van der Waals surface area contributed by atoms with Gasteiger partial charge in [-0.1, -0.05) is 49.4 Å². The van der Waals surface area contributed by atoms with Crippen molar-refractivity contribution in [3.63, 3.8) is 0 Å². The number of likely N-dealkylation sites (N-methyl/N-ethyl adjacent to an activating group) is 1. The molecule has 2 atom stereocenters. The van der Waals surface area contributed by atoms with Crippen LogP contribution in [0.1, 0.15) is 63.2 Å². The smallest absolute Gasteiger partial charge is 0.412 e. The van der Waals surface area contributed by atoms with Gasteiger partial charge >= 0.3 is 6.09 Å². The van der Waals surface area contributed by atoms with E-state index in [-0.39, 0.29) is 5.91 Å². The van der Waals surface area contributed by atoms with E-state index in [0.29, 0.717) is 35.3 Å². The minimum Gasteiger partial charge on any atom is -0.444 e. The second-order valence-corrected chi connectivity index (χ2v) is 13.0. The lowest BCUT2D eigenvalue weighted by Crippen LogP contribution is -2.42. The number of aromatic amines is 1. The van der Waals surface area contributed by atoms with Crippen LogP contribution in [-0.2, 0) is 9.53 Å². The van der Waals surface area contributed by atoms with Crippen LogP contribution in [0.3, 0.4) is 0 Å². The monoisotopic (exact) mass is 648 g/mol. The highest BCUT2D eigenvalue weighted by atomic mass is 16.6. The summed E-state index contributed by atoms with van der Waals surface area (Å²) in [6, 6.07) is 20.3. The molecule has 10 heteroatoms. The summed E-state index contributed by atoms with van der Waals surface area (Å²) in [4.78, 5) is 43.1. The fourth-order valence-electron chi connectivity index (χ4n) is 5.63. The highest BCUT2D eigenvalue weighted by Gasteiger charge is 2.32. The summed E-state index contributed by atoms with van der Waals surface area (Å²) in [7, 11) is 3.83. The third kappa shape index (κ3) is 7.66. The molecule has 2 unspecified atom stereocenters. The van der Waals surface area contributed by atoms with Crippen LogP contribution in [0.2, 0.25) is 0 Å². The van der Waals surface area contributed by atoms with E-state index < -0.39 is 23.8 Å². The zero-order valence-corrected chi connectivity index (χ0v) is 28.7. The number of rotatable bonds is 11. The van der Waals surface area contributed by atoms with Gasteiger partial charge in [-0.25, -0.2) is 14.8 Å². The molecule has 0 bridgehead atoms. The average molecular weight is 649 g/mol. The van der Waals surface area contributed by atoms with Gasteiger partial charge in [0.1, 0.15) is 23.5 Å². The van der Waals surface area contributed by atoms with Crippen molar-refractivity contribution in [3.8, 4) is 22.8 Å². The van der Waals surface area contributed by atoms with E-state index in [1.165, 1.54) is 0 Å². The van der Waals surface area contributed by atoms with Crippen LogP contribution < -0.4 is 5.32 Å². The number of hydrogen-bond acceptors (Lipinski definition) is 7. The molecule has 0 aliphatic carbocycles. The molecule has 0 saturated heterocycles. The molecule has 250 valence electrons. The summed E-state index contributed by atoms with van der Waals surface area (Å²) in [5.41, 5.74) is 4.88. The number of nitrogens with one attached hydrogen (secondary N) is 2. The molecule has 5 aromatic rings. The van der Waals surface area contributed by atoms with Gasteiger partial charge in [-0.05, 0) is 89.7 Å². The number of H-pyrrole nitrogens is 1. The topological polar surface area (TPSA) is 117 Å². The number of nitrogens with zero attached hydrogens (tertiary/aromatic N) is 4. The fourth-order valence-corrected chi connectivity index (χ4v) is 5.63. The number of amides is 2. The Morgan fingerprint density at radius 3 is 2.46 bits per heavy atom. The summed E-state index contributed by atoms with van der Waals surface area (Å²) in [5, 5.41) is 2.82. The zero-order chi connectivity index (χ0) is 34.6. The molecular weight excluding hydrogens is 604 g/mol. The number of aromatic nitrogens is 3. The summed E-state index contributed by atoms with van der Waals surface area (Å²) < 4.78 is 11.6. The fraction of sp³-hybridized carbons (Fsp3) is 0.316. The Kier molecular flexibility index (Phi) is 10.1. The molecule has 2 aromatic heterocycles. The molecule has 5 rings (SSSR count). The predicted octanol–water partition coefficient (Wildman–Crippen LogP) is 8.31. The number of aryl methyl sites for hydroxylation is 1. The highest BCUT2D eigenvalue weighted by molar-refractivity contribution is 5.87. The predicted molar refractivity (Wildman–Crippen MR) is 189 cm³/mol.